The van der Waals surface area contributed by atoms with Crippen molar-refractivity contribution in [3.05, 3.63) is 42.4 Å². The highest BCUT2D eigenvalue weighted by Crippen LogP contribution is 2.38. The van der Waals surface area contributed by atoms with Gasteiger partial charge in [0.25, 0.3) is 0 Å². The molecule has 3 aromatic heterocycles. The summed E-state index contributed by atoms with van der Waals surface area (Å²) in [6.45, 7) is 1.99. The molecule has 0 aliphatic rings. The molecular weight excluding hydrogens is 246 g/mol. The van der Waals surface area contributed by atoms with Crippen molar-refractivity contribution in [3.8, 4) is 21.9 Å². The SMILES string of the molecule is Cc1ccoc1-c1nc(N)sc1-c1ccncc1. The molecule has 0 spiro atoms. The van der Waals surface area contributed by atoms with Crippen LogP contribution in [-0.4, -0.2) is 9.97 Å². The van der Waals surface area contributed by atoms with Crippen molar-refractivity contribution in [1.29, 1.82) is 0 Å². The highest BCUT2D eigenvalue weighted by Gasteiger charge is 2.17. The van der Waals surface area contributed by atoms with Gasteiger partial charge in [0.15, 0.2) is 10.9 Å². The minimum atomic E-state index is 0.535. The van der Waals surface area contributed by atoms with E-state index in [2.05, 4.69) is 9.97 Å². The second-order valence-electron chi connectivity index (χ2n) is 3.90. The number of nitrogen functional groups attached to an aromatic ring is 1. The average molecular weight is 257 g/mol. The molecule has 3 aromatic rings. The Morgan fingerprint density at radius 1 is 1.22 bits per heavy atom. The quantitative estimate of drug-likeness (QED) is 0.764. The highest BCUT2D eigenvalue weighted by atomic mass is 32.1. The molecule has 0 radical (unpaired) electrons. The molecule has 0 atom stereocenters. The Hall–Kier alpha value is -2.14. The molecule has 0 amide bonds. The zero-order valence-electron chi connectivity index (χ0n) is 9.75. The third-order valence-electron chi connectivity index (χ3n) is 2.66. The van der Waals surface area contributed by atoms with Gasteiger partial charge < -0.3 is 10.2 Å². The van der Waals surface area contributed by atoms with E-state index in [9.17, 15) is 0 Å². The van der Waals surface area contributed by atoms with E-state index in [4.69, 9.17) is 10.2 Å². The Labute approximate surface area is 108 Å². The third-order valence-corrected chi connectivity index (χ3v) is 3.60. The van der Waals surface area contributed by atoms with Gasteiger partial charge in [-0.1, -0.05) is 11.3 Å². The van der Waals surface area contributed by atoms with Gasteiger partial charge in [0.05, 0.1) is 11.1 Å². The van der Waals surface area contributed by atoms with E-state index in [0.29, 0.717) is 5.13 Å². The lowest BCUT2D eigenvalue weighted by atomic mass is 10.1. The summed E-state index contributed by atoms with van der Waals surface area (Å²) in [5, 5.41) is 0.535. The Morgan fingerprint density at radius 2 is 2.00 bits per heavy atom. The molecule has 0 bridgehead atoms. The minimum absolute atomic E-state index is 0.535. The maximum absolute atomic E-state index is 5.82. The lowest BCUT2D eigenvalue weighted by Crippen LogP contribution is -1.84. The Kier molecular flexibility index (Phi) is 2.60. The van der Waals surface area contributed by atoms with E-state index in [1.54, 1.807) is 18.7 Å². The smallest absolute Gasteiger partial charge is 0.181 e. The molecule has 3 rings (SSSR count). The van der Waals surface area contributed by atoms with E-state index in [-0.39, 0.29) is 0 Å². The number of nitrogens with zero attached hydrogens (tertiary/aromatic N) is 2. The summed E-state index contributed by atoms with van der Waals surface area (Å²) < 4.78 is 5.50. The molecular formula is C13H11N3OS. The number of aromatic nitrogens is 2. The van der Waals surface area contributed by atoms with Gasteiger partial charge in [-0.2, -0.15) is 0 Å². The Morgan fingerprint density at radius 3 is 2.67 bits per heavy atom. The summed E-state index contributed by atoms with van der Waals surface area (Å²) in [4.78, 5) is 9.40. The fourth-order valence-corrected chi connectivity index (χ4v) is 2.64. The number of anilines is 1. The van der Waals surface area contributed by atoms with Gasteiger partial charge in [0.2, 0.25) is 0 Å². The van der Waals surface area contributed by atoms with Gasteiger partial charge in [0, 0.05) is 12.4 Å². The van der Waals surface area contributed by atoms with Crippen LogP contribution in [0.15, 0.2) is 41.3 Å². The molecule has 2 N–H and O–H groups in total. The van der Waals surface area contributed by atoms with Crippen LogP contribution in [0.2, 0.25) is 0 Å². The number of rotatable bonds is 2. The molecule has 0 aliphatic heterocycles. The van der Waals surface area contributed by atoms with Crippen LogP contribution < -0.4 is 5.73 Å². The summed E-state index contributed by atoms with van der Waals surface area (Å²) in [5.74, 6) is 0.773. The lowest BCUT2D eigenvalue weighted by Gasteiger charge is -2.00. The summed E-state index contributed by atoms with van der Waals surface area (Å²) in [5.41, 5.74) is 8.72. The van der Waals surface area contributed by atoms with Crippen LogP contribution >= 0.6 is 11.3 Å². The van der Waals surface area contributed by atoms with E-state index in [1.807, 2.05) is 25.1 Å². The molecule has 0 unspecified atom stereocenters. The lowest BCUT2D eigenvalue weighted by molar-refractivity contribution is 0.579. The monoisotopic (exact) mass is 257 g/mol. The minimum Gasteiger partial charge on any atom is -0.462 e. The summed E-state index contributed by atoms with van der Waals surface area (Å²) in [7, 11) is 0. The van der Waals surface area contributed by atoms with Crippen LogP contribution in [0.25, 0.3) is 21.9 Å². The molecule has 0 saturated heterocycles. The van der Waals surface area contributed by atoms with Crippen molar-refractivity contribution >= 4 is 16.5 Å². The molecule has 90 valence electrons. The first-order valence-electron chi connectivity index (χ1n) is 5.47. The van der Waals surface area contributed by atoms with Crippen LogP contribution in [0.4, 0.5) is 5.13 Å². The molecule has 0 aliphatic carbocycles. The Bertz CT molecular complexity index is 673. The molecule has 0 fully saturated rings. The van der Waals surface area contributed by atoms with Crippen molar-refractivity contribution in [2.75, 3.05) is 5.73 Å². The van der Waals surface area contributed by atoms with Crippen LogP contribution in [0.1, 0.15) is 5.56 Å². The van der Waals surface area contributed by atoms with Crippen molar-refractivity contribution in [2.24, 2.45) is 0 Å². The van der Waals surface area contributed by atoms with Gasteiger partial charge >= 0.3 is 0 Å². The second-order valence-corrected chi connectivity index (χ2v) is 4.93. The molecule has 18 heavy (non-hydrogen) atoms. The number of pyridine rings is 1. The van der Waals surface area contributed by atoms with E-state index < -0.39 is 0 Å². The topological polar surface area (TPSA) is 64.9 Å². The van der Waals surface area contributed by atoms with E-state index in [0.717, 1.165) is 27.5 Å². The van der Waals surface area contributed by atoms with Crippen LogP contribution in [0, 0.1) is 6.92 Å². The number of nitrogens with two attached hydrogens (primary N) is 1. The molecule has 5 heteroatoms. The van der Waals surface area contributed by atoms with Crippen LogP contribution in [0.3, 0.4) is 0 Å². The highest BCUT2D eigenvalue weighted by molar-refractivity contribution is 7.19. The maximum Gasteiger partial charge on any atom is 0.181 e. The molecule has 3 heterocycles. The van der Waals surface area contributed by atoms with Gasteiger partial charge in [-0.05, 0) is 36.2 Å². The first kappa shape index (κ1) is 11.0. The zero-order valence-corrected chi connectivity index (χ0v) is 10.6. The van der Waals surface area contributed by atoms with Crippen molar-refractivity contribution in [3.63, 3.8) is 0 Å². The summed E-state index contributed by atoms with van der Waals surface area (Å²) >= 11 is 1.45. The van der Waals surface area contributed by atoms with E-state index in [1.165, 1.54) is 11.3 Å². The third kappa shape index (κ3) is 1.78. The first-order valence-corrected chi connectivity index (χ1v) is 6.28. The number of aryl methyl sites for hydroxylation is 1. The predicted molar refractivity (Wildman–Crippen MR) is 72.2 cm³/mol. The molecule has 0 aromatic carbocycles. The number of hydrogen-bond donors (Lipinski definition) is 1. The van der Waals surface area contributed by atoms with Crippen molar-refractivity contribution < 1.29 is 4.42 Å². The van der Waals surface area contributed by atoms with Gasteiger partial charge in [-0.3, -0.25) is 4.98 Å². The fourth-order valence-electron chi connectivity index (χ4n) is 1.80. The van der Waals surface area contributed by atoms with Crippen molar-refractivity contribution in [2.45, 2.75) is 6.92 Å². The largest absolute Gasteiger partial charge is 0.462 e. The predicted octanol–water partition coefficient (Wildman–Crippen LogP) is 3.36. The first-order chi connectivity index (χ1) is 8.75. The fraction of sp³-hybridized carbons (Fsp3) is 0.0769. The van der Waals surface area contributed by atoms with Gasteiger partial charge in [-0.25, -0.2) is 4.98 Å². The number of hydrogen-bond acceptors (Lipinski definition) is 5. The van der Waals surface area contributed by atoms with Crippen LogP contribution in [-0.2, 0) is 0 Å². The maximum atomic E-state index is 5.82. The Balaban J connectivity index is 2.20. The van der Waals surface area contributed by atoms with Gasteiger partial charge in [0.1, 0.15) is 5.69 Å². The number of thiazole rings is 1. The average Bonchev–Trinajstić information content (AvgIpc) is 2.96. The van der Waals surface area contributed by atoms with Crippen LogP contribution in [0.5, 0.6) is 0 Å². The second kappa shape index (κ2) is 4.27. The van der Waals surface area contributed by atoms with Crippen molar-refractivity contribution in [1.82, 2.24) is 9.97 Å². The number of furan rings is 1. The summed E-state index contributed by atoms with van der Waals surface area (Å²) in [6, 6.07) is 5.80. The standard InChI is InChI=1S/C13H11N3OS/c1-8-4-7-17-11(8)10-12(18-13(14)16-10)9-2-5-15-6-3-9/h2-7H,1H3,(H2,14,16). The normalized spacial score (nSPS) is 10.7. The van der Waals surface area contributed by atoms with E-state index >= 15 is 0 Å². The molecule has 0 saturated carbocycles. The van der Waals surface area contributed by atoms with Gasteiger partial charge in [-0.15, -0.1) is 0 Å². The molecule has 4 nitrogen and oxygen atoms in total. The summed E-state index contributed by atoms with van der Waals surface area (Å²) in [6.07, 6.45) is 5.17. The zero-order chi connectivity index (χ0) is 12.5.